The van der Waals surface area contributed by atoms with Gasteiger partial charge < -0.3 is 14.9 Å². The number of aromatic nitrogens is 2. The highest BCUT2D eigenvalue weighted by Crippen LogP contribution is 2.27. The SMILES string of the molecule is CC(c1ccc(F)cc1)N(C)c1cc(N2CCCC(CO)C2)ncn1. The first-order valence-corrected chi connectivity index (χ1v) is 8.74. The van der Waals surface area contributed by atoms with Crippen molar-refractivity contribution in [2.75, 3.05) is 36.5 Å². The first-order valence-electron chi connectivity index (χ1n) is 8.74. The van der Waals surface area contributed by atoms with Crippen molar-refractivity contribution < 1.29 is 9.50 Å². The quantitative estimate of drug-likeness (QED) is 0.904. The van der Waals surface area contributed by atoms with Gasteiger partial charge in [0.15, 0.2) is 0 Å². The van der Waals surface area contributed by atoms with Crippen molar-refractivity contribution in [2.45, 2.75) is 25.8 Å². The molecule has 1 aromatic heterocycles. The number of aliphatic hydroxyl groups excluding tert-OH is 1. The summed E-state index contributed by atoms with van der Waals surface area (Å²) < 4.78 is 13.1. The highest BCUT2D eigenvalue weighted by atomic mass is 19.1. The lowest BCUT2D eigenvalue weighted by atomic mass is 9.99. The second-order valence-corrected chi connectivity index (χ2v) is 6.71. The number of rotatable bonds is 5. The molecule has 1 aromatic carbocycles. The lowest BCUT2D eigenvalue weighted by Gasteiger charge is -2.33. The number of hydrogen-bond donors (Lipinski definition) is 1. The third-order valence-electron chi connectivity index (χ3n) is 5.03. The minimum atomic E-state index is -0.230. The van der Waals surface area contributed by atoms with Crippen molar-refractivity contribution in [2.24, 2.45) is 5.92 Å². The van der Waals surface area contributed by atoms with Crippen LogP contribution in [-0.4, -0.2) is 41.8 Å². The summed E-state index contributed by atoms with van der Waals surface area (Å²) in [7, 11) is 1.98. The van der Waals surface area contributed by atoms with E-state index in [0.29, 0.717) is 5.92 Å². The van der Waals surface area contributed by atoms with Gasteiger partial charge in [-0.25, -0.2) is 14.4 Å². The molecule has 2 unspecified atom stereocenters. The Balaban J connectivity index is 1.77. The van der Waals surface area contributed by atoms with Gasteiger partial charge in [-0.1, -0.05) is 12.1 Å². The van der Waals surface area contributed by atoms with Gasteiger partial charge in [-0.15, -0.1) is 0 Å². The number of nitrogens with zero attached hydrogens (tertiary/aromatic N) is 4. The Morgan fingerprint density at radius 3 is 2.80 bits per heavy atom. The van der Waals surface area contributed by atoms with Crippen LogP contribution in [0.1, 0.15) is 31.4 Å². The van der Waals surface area contributed by atoms with Crippen LogP contribution >= 0.6 is 0 Å². The smallest absolute Gasteiger partial charge is 0.134 e. The second-order valence-electron chi connectivity index (χ2n) is 6.71. The molecule has 134 valence electrons. The summed E-state index contributed by atoms with van der Waals surface area (Å²) in [6, 6.07) is 8.61. The summed E-state index contributed by atoms with van der Waals surface area (Å²) in [6.45, 7) is 4.06. The zero-order chi connectivity index (χ0) is 17.8. The topological polar surface area (TPSA) is 52.5 Å². The van der Waals surface area contributed by atoms with Crippen LogP contribution in [0, 0.1) is 11.7 Å². The molecule has 2 atom stereocenters. The Hall–Kier alpha value is -2.21. The molecule has 0 saturated carbocycles. The fourth-order valence-corrected chi connectivity index (χ4v) is 3.29. The maximum absolute atomic E-state index is 13.1. The molecule has 1 aliphatic rings. The number of hydrogen-bond acceptors (Lipinski definition) is 5. The van der Waals surface area contributed by atoms with Crippen LogP contribution in [0.15, 0.2) is 36.7 Å². The van der Waals surface area contributed by atoms with Crippen molar-refractivity contribution in [1.82, 2.24) is 9.97 Å². The molecule has 3 rings (SSSR count). The lowest BCUT2D eigenvalue weighted by molar-refractivity contribution is 0.208. The predicted octanol–water partition coefficient (Wildman–Crippen LogP) is 3.02. The molecule has 2 heterocycles. The molecule has 5 nitrogen and oxygen atoms in total. The summed E-state index contributed by atoms with van der Waals surface area (Å²) in [5.41, 5.74) is 1.03. The molecular formula is C19H25FN4O. The summed E-state index contributed by atoms with van der Waals surface area (Å²) >= 11 is 0. The third-order valence-corrected chi connectivity index (χ3v) is 5.03. The van der Waals surface area contributed by atoms with E-state index in [1.54, 1.807) is 18.5 Å². The zero-order valence-corrected chi connectivity index (χ0v) is 14.8. The predicted molar refractivity (Wildman–Crippen MR) is 97.3 cm³/mol. The van der Waals surface area contributed by atoms with E-state index in [0.717, 1.165) is 43.1 Å². The fourth-order valence-electron chi connectivity index (χ4n) is 3.29. The molecule has 1 N–H and O–H groups in total. The Kier molecular flexibility index (Phi) is 5.48. The normalized spacial score (nSPS) is 18.9. The summed E-state index contributed by atoms with van der Waals surface area (Å²) in [5, 5.41) is 9.42. The number of aliphatic hydroxyl groups is 1. The average molecular weight is 344 g/mol. The largest absolute Gasteiger partial charge is 0.396 e. The zero-order valence-electron chi connectivity index (χ0n) is 14.8. The molecular weight excluding hydrogens is 319 g/mol. The van der Waals surface area contributed by atoms with Gasteiger partial charge in [-0.3, -0.25) is 0 Å². The lowest BCUT2D eigenvalue weighted by Crippen LogP contribution is -2.37. The number of benzene rings is 1. The molecule has 1 fully saturated rings. The van der Waals surface area contributed by atoms with Gasteiger partial charge in [0.1, 0.15) is 23.8 Å². The Labute approximate surface area is 148 Å². The highest BCUT2D eigenvalue weighted by molar-refractivity contribution is 5.51. The van der Waals surface area contributed by atoms with Crippen molar-refractivity contribution in [3.05, 3.63) is 48.0 Å². The Bertz CT molecular complexity index is 694. The number of halogens is 1. The van der Waals surface area contributed by atoms with Gasteiger partial charge in [-0.05, 0) is 43.4 Å². The van der Waals surface area contributed by atoms with Crippen LogP contribution < -0.4 is 9.80 Å². The third kappa shape index (κ3) is 4.07. The van der Waals surface area contributed by atoms with E-state index in [2.05, 4.69) is 26.7 Å². The summed E-state index contributed by atoms with van der Waals surface area (Å²) in [4.78, 5) is 13.1. The summed E-state index contributed by atoms with van der Waals surface area (Å²) in [6.07, 6.45) is 3.71. The van der Waals surface area contributed by atoms with Gasteiger partial charge in [0.2, 0.25) is 0 Å². The molecule has 0 spiro atoms. The van der Waals surface area contributed by atoms with E-state index in [1.165, 1.54) is 12.1 Å². The Morgan fingerprint density at radius 2 is 2.08 bits per heavy atom. The van der Waals surface area contributed by atoms with Gasteiger partial charge in [0, 0.05) is 32.8 Å². The van der Waals surface area contributed by atoms with E-state index >= 15 is 0 Å². The monoisotopic (exact) mass is 344 g/mol. The maximum Gasteiger partial charge on any atom is 0.134 e. The van der Waals surface area contributed by atoms with Crippen LogP contribution in [0.4, 0.5) is 16.0 Å². The molecule has 1 saturated heterocycles. The molecule has 0 amide bonds. The van der Waals surface area contributed by atoms with Gasteiger partial charge in [0.05, 0.1) is 6.04 Å². The van der Waals surface area contributed by atoms with Crippen molar-refractivity contribution in [3.8, 4) is 0 Å². The van der Waals surface area contributed by atoms with Crippen molar-refractivity contribution in [1.29, 1.82) is 0 Å². The molecule has 1 aliphatic heterocycles. The van der Waals surface area contributed by atoms with Crippen molar-refractivity contribution >= 4 is 11.6 Å². The van der Waals surface area contributed by atoms with Gasteiger partial charge in [-0.2, -0.15) is 0 Å². The number of anilines is 2. The van der Waals surface area contributed by atoms with E-state index in [4.69, 9.17) is 0 Å². The van der Waals surface area contributed by atoms with Crippen LogP contribution in [0.5, 0.6) is 0 Å². The molecule has 2 aromatic rings. The minimum Gasteiger partial charge on any atom is -0.396 e. The molecule has 0 aliphatic carbocycles. The molecule has 0 bridgehead atoms. The van der Waals surface area contributed by atoms with Crippen LogP contribution in [0.2, 0.25) is 0 Å². The van der Waals surface area contributed by atoms with Crippen molar-refractivity contribution in [3.63, 3.8) is 0 Å². The standard InChI is InChI=1S/C19H25FN4O/c1-14(16-5-7-17(20)8-6-16)23(2)18-10-19(22-13-21-18)24-9-3-4-15(11-24)12-25/h5-8,10,13-15,25H,3-4,9,11-12H2,1-2H3. The van der Waals surface area contributed by atoms with Crippen LogP contribution in [0.25, 0.3) is 0 Å². The van der Waals surface area contributed by atoms with Gasteiger partial charge in [0.25, 0.3) is 0 Å². The highest BCUT2D eigenvalue weighted by Gasteiger charge is 2.21. The van der Waals surface area contributed by atoms with E-state index in [9.17, 15) is 9.50 Å². The average Bonchev–Trinajstić information content (AvgIpc) is 2.67. The minimum absolute atomic E-state index is 0.0647. The van der Waals surface area contributed by atoms with Gasteiger partial charge >= 0.3 is 0 Å². The van der Waals surface area contributed by atoms with Crippen LogP contribution in [0.3, 0.4) is 0 Å². The number of piperidine rings is 1. The first kappa shape index (κ1) is 17.6. The van der Waals surface area contributed by atoms with E-state index < -0.39 is 0 Å². The molecule has 0 radical (unpaired) electrons. The second kappa shape index (κ2) is 7.78. The Morgan fingerprint density at radius 1 is 1.32 bits per heavy atom. The van der Waals surface area contributed by atoms with E-state index in [1.807, 2.05) is 13.1 Å². The van der Waals surface area contributed by atoms with E-state index in [-0.39, 0.29) is 18.5 Å². The molecule has 25 heavy (non-hydrogen) atoms. The molecule has 6 heteroatoms. The van der Waals surface area contributed by atoms with Crippen LogP contribution in [-0.2, 0) is 0 Å². The maximum atomic E-state index is 13.1. The fraction of sp³-hybridized carbons (Fsp3) is 0.474. The first-order chi connectivity index (χ1) is 12.1. The summed E-state index contributed by atoms with van der Waals surface area (Å²) in [5.74, 6) is 1.80.